The van der Waals surface area contributed by atoms with E-state index in [4.69, 9.17) is 4.74 Å². The van der Waals surface area contributed by atoms with Gasteiger partial charge in [-0.2, -0.15) is 0 Å². The molecule has 1 saturated heterocycles. The van der Waals surface area contributed by atoms with Crippen molar-refractivity contribution in [1.29, 1.82) is 0 Å². The number of nitrogens with one attached hydrogen (secondary N) is 2. The average Bonchev–Trinajstić information content (AvgIpc) is 2.79. The van der Waals surface area contributed by atoms with E-state index in [2.05, 4.69) is 30.4 Å². The van der Waals surface area contributed by atoms with E-state index in [9.17, 15) is 14.0 Å². The predicted octanol–water partition coefficient (Wildman–Crippen LogP) is 1.22. The molecule has 1 aromatic heterocycles. The quantitative estimate of drug-likeness (QED) is 0.694. The number of anilines is 1. The maximum absolute atomic E-state index is 13.8. The number of ether oxygens (including phenoxy) is 1. The van der Waals surface area contributed by atoms with Crippen molar-refractivity contribution in [3.05, 3.63) is 65.4 Å². The van der Waals surface area contributed by atoms with Gasteiger partial charge in [-0.3, -0.25) is 4.90 Å². The number of piperazine rings is 1. The number of esters is 1. The Morgan fingerprint density at radius 2 is 1.94 bits per heavy atom. The van der Waals surface area contributed by atoms with Gasteiger partial charge in [-0.25, -0.2) is 23.9 Å². The van der Waals surface area contributed by atoms with E-state index in [-0.39, 0.29) is 5.57 Å². The van der Waals surface area contributed by atoms with Gasteiger partial charge in [0.2, 0.25) is 5.95 Å². The van der Waals surface area contributed by atoms with Crippen molar-refractivity contribution >= 4 is 17.9 Å². The Balaban J connectivity index is 1.55. The summed E-state index contributed by atoms with van der Waals surface area (Å²) in [4.78, 5) is 37.7. The van der Waals surface area contributed by atoms with Crippen molar-refractivity contribution in [1.82, 2.24) is 25.5 Å². The molecule has 0 bridgehead atoms. The molecule has 2 aliphatic rings. The third-order valence-electron chi connectivity index (χ3n) is 5.33. The number of halogens is 1. The van der Waals surface area contributed by atoms with Crippen LogP contribution in [0, 0.1) is 5.82 Å². The van der Waals surface area contributed by atoms with Gasteiger partial charge >= 0.3 is 12.0 Å². The first-order valence-electron chi connectivity index (χ1n) is 9.94. The molecule has 2 aliphatic heterocycles. The number of benzene rings is 1. The number of carbonyl (C=O) groups is 2. The molecule has 1 fully saturated rings. The van der Waals surface area contributed by atoms with Gasteiger partial charge in [0.15, 0.2) is 0 Å². The van der Waals surface area contributed by atoms with Gasteiger partial charge in [-0.15, -0.1) is 0 Å². The highest BCUT2D eigenvalue weighted by atomic mass is 19.1. The van der Waals surface area contributed by atoms with Crippen LogP contribution in [0.4, 0.5) is 15.1 Å². The largest absolute Gasteiger partial charge is 0.466 e. The molecular formula is C21H23FN6O3. The minimum atomic E-state index is -0.800. The number of aromatic nitrogens is 2. The van der Waals surface area contributed by atoms with Crippen LogP contribution in [0.5, 0.6) is 0 Å². The van der Waals surface area contributed by atoms with E-state index >= 15 is 0 Å². The van der Waals surface area contributed by atoms with Crippen LogP contribution in [0.3, 0.4) is 0 Å². The molecule has 0 aliphatic carbocycles. The normalized spacial score (nSPS) is 19.6. The summed E-state index contributed by atoms with van der Waals surface area (Å²) in [5.74, 6) is -0.346. The zero-order valence-electron chi connectivity index (χ0n) is 17.0. The zero-order chi connectivity index (χ0) is 21.8. The van der Waals surface area contributed by atoms with E-state index in [1.54, 1.807) is 24.5 Å². The summed E-state index contributed by atoms with van der Waals surface area (Å²) >= 11 is 0. The molecule has 4 rings (SSSR count). The number of amides is 2. The Morgan fingerprint density at radius 1 is 1.19 bits per heavy atom. The van der Waals surface area contributed by atoms with Crippen molar-refractivity contribution in [3.63, 3.8) is 0 Å². The molecule has 2 N–H and O–H groups in total. The minimum absolute atomic E-state index is 0.265. The van der Waals surface area contributed by atoms with Crippen molar-refractivity contribution < 1.29 is 18.7 Å². The average molecular weight is 426 g/mol. The maximum Gasteiger partial charge on any atom is 0.338 e. The van der Waals surface area contributed by atoms with Crippen LogP contribution in [-0.2, 0) is 9.53 Å². The van der Waals surface area contributed by atoms with E-state index < -0.39 is 23.9 Å². The Kier molecular flexibility index (Phi) is 6.08. The van der Waals surface area contributed by atoms with Crippen LogP contribution in [0.2, 0.25) is 0 Å². The Morgan fingerprint density at radius 3 is 2.61 bits per heavy atom. The van der Waals surface area contributed by atoms with Gasteiger partial charge < -0.3 is 20.3 Å². The summed E-state index contributed by atoms with van der Waals surface area (Å²) in [6.07, 6.45) is 3.42. The summed E-state index contributed by atoms with van der Waals surface area (Å²) in [6, 6.07) is 6.34. The molecule has 2 aromatic rings. The Bertz CT molecular complexity index is 992. The highest BCUT2D eigenvalue weighted by Gasteiger charge is 2.34. The zero-order valence-corrected chi connectivity index (χ0v) is 17.0. The number of hydrogen-bond donors (Lipinski definition) is 2. The van der Waals surface area contributed by atoms with E-state index in [0.29, 0.717) is 49.9 Å². The number of nitrogens with zero attached hydrogens (tertiary/aromatic N) is 4. The fraction of sp³-hybridized carbons (Fsp3) is 0.333. The van der Waals surface area contributed by atoms with Crippen molar-refractivity contribution in [3.8, 4) is 0 Å². The van der Waals surface area contributed by atoms with Crippen molar-refractivity contribution in [2.75, 3.05) is 44.7 Å². The molecule has 31 heavy (non-hydrogen) atoms. The van der Waals surface area contributed by atoms with Crippen LogP contribution in [0.15, 0.2) is 54.0 Å². The number of urea groups is 1. The van der Waals surface area contributed by atoms with Gasteiger partial charge in [-0.05, 0) is 23.8 Å². The molecule has 0 radical (unpaired) electrons. The molecule has 10 heteroatoms. The SMILES string of the molecule is COC(=O)C1=C(CN2CCN(c3ncccn3)CC2)NC(=O)N[C@@H]1c1cccc(F)c1. The Labute approximate surface area is 178 Å². The molecule has 2 amide bonds. The topological polar surface area (TPSA) is 99.7 Å². The van der Waals surface area contributed by atoms with Gasteiger partial charge in [0.25, 0.3) is 0 Å². The third-order valence-corrected chi connectivity index (χ3v) is 5.33. The molecule has 9 nitrogen and oxygen atoms in total. The highest BCUT2D eigenvalue weighted by Crippen LogP contribution is 2.28. The fourth-order valence-corrected chi connectivity index (χ4v) is 3.81. The second kappa shape index (κ2) is 9.09. The lowest BCUT2D eigenvalue weighted by Crippen LogP contribution is -2.52. The summed E-state index contributed by atoms with van der Waals surface area (Å²) in [7, 11) is 1.28. The van der Waals surface area contributed by atoms with E-state index in [1.807, 2.05) is 0 Å². The van der Waals surface area contributed by atoms with Gasteiger partial charge in [0.05, 0.1) is 18.7 Å². The minimum Gasteiger partial charge on any atom is -0.466 e. The molecule has 1 aromatic carbocycles. The third kappa shape index (κ3) is 4.64. The molecule has 1 atom stereocenters. The predicted molar refractivity (Wildman–Crippen MR) is 111 cm³/mol. The molecular weight excluding hydrogens is 403 g/mol. The molecule has 0 saturated carbocycles. The highest BCUT2D eigenvalue weighted by molar-refractivity contribution is 5.95. The molecule has 0 unspecified atom stereocenters. The lowest BCUT2D eigenvalue weighted by molar-refractivity contribution is -0.136. The summed E-state index contributed by atoms with van der Waals surface area (Å²) in [5.41, 5.74) is 1.19. The van der Waals surface area contributed by atoms with Gasteiger partial charge in [0.1, 0.15) is 5.82 Å². The van der Waals surface area contributed by atoms with Gasteiger partial charge in [0, 0.05) is 50.8 Å². The second-order valence-corrected chi connectivity index (χ2v) is 7.28. The fourth-order valence-electron chi connectivity index (χ4n) is 3.81. The maximum atomic E-state index is 13.8. The lowest BCUT2D eigenvalue weighted by Gasteiger charge is -2.37. The smallest absolute Gasteiger partial charge is 0.338 e. The number of carbonyl (C=O) groups excluding carboxylic acids is 2. The van der Waals surface area contributed by atoms with Crippen molar-refractivity contribution in [2.24, 2.45) is 0 Å². The molecule has 0 spiro atoms. The van der Waals surface area contributed by atoms with Crippen LogP contribution in [-0.4, -0.2) is 66.7 Å². The summed E-state index contributed by atoms with van der Waals surface area (Å²) in [6.45, 7) is 3.18. The van der Waals surface area contributed by atoms with E-state index in [1.165, 1.54) is 25.3 Å². The van der Waals surface area contributed by atoms with Crippen molar-refractivity contribution in [2.45, 2.75) is 6.04 Å². The number of rotatable bonds is 5. The lowest BCUT2D eigenvalue weighted by atomic mass is 9.95. The molecule has 3 heterocycles. The first-order valence-corrected chi connectivity index (χ1v) is 9.94. The van der Waals surface area contributed by atoms with Crippen LogP contribution < -0.4 is 15.5 Å². The molecule has 162 valence electrons. The standard InChI is InChI=1S/C21H23FN6O3/c1-31-19(29)17-16(25-21(30)26-18(17)14-4-2-5-15(22)12-14)13-27-8-10-28(11-9-27)20-23-6-3-7-24-20/h2-7,12,18H,8-11,13H2,1H3,(H2,25,26,30)/t18-/m1/s1. The van der Waals surface area contributed by atoms with Crippen LogP contribution in [0.25, 0.3) is 0 Å². The second-order valence-electron chi connectivity index (χ2n) is 7.28. The van der Waals surface area contributed by atoms with E-state index in [0.717, 1.165) is 0 Å². The van der Waals surface area contributed by atoms with Crippen LogP contribution >= 0.6 is 0 Å². The number of hydrogen-bond acceptors (Lipinski definition) is 7. The monoisotopic (exact) mass is 426 g/mol. The summed E-state index contributed by atoms with van der Waals surface area (Å²) in [5, 5.41) is 5.44. The Hall–Kier alpha value is -3.53. The van der Waals surface area contributed by atoms with Crippen LogP contribution in [0.1, 0.15) is 11.6 Å². The summed E-state index contributed by atoms with van der Waals surface area (Å²) < 4.78 is 18.8. The first-order chi connectivity index (χ1) is 15.0. The first kappa shape index (κ1) is 20.7. The number of methoxy groups -OCH3 is 1. The van der Waals surface area contributed by atoms with Gasteiger partial charge in [-0.1, -0.05) is 12.1 Å².